The van der Waals surface area contributed by atoms with Crippen molar-refractivity contribution in [2.24, 2.45) is 5.92 Å². The largest absolute Gasteiger partial charge is 0.507 e. The van der Waals surface area contributed by atoms with Gasteiger partial charge in [0.2, 0.25) is 0 Å². The summed E-state index contributed by atoms with van der Waals surface area (Å²) >= 11 is 0. The summed E-state index contributed by atoms with van der Waals surface area (Å²) in [5.41, 5.74) is 4.06. The van der Waals surface area contributed by atoms with E-state index in [4.69, 9.17) is 0 Å². The number of carbonyl (C=O) groups excluding carboxylic acids is 1. The van der Waals surface area contributed by atoms with Crippen molar-refractivity contribution in [2.45, 2.75) is 41.0 Å². The van der Waals surface area contributed by atoms with Crippen molar-refractivity contribution in [3.05, 3.63) is 64.3 Å². The molecule has 0 spiro atoms. The zero-order valence-electron chi connectivity index (χ0n) is 15.3. The van der Waals surface area contributed by atoms with E-state index in [9.17, 15) is 9.90 Å². The minimum Gasteiger partial charge on any atom is -0.507 e. The van der Waals surface area contributed by atoms with Crippen LogP contribution in [0.15, 0.2) is 42.0 Å². The zero-order chi connectivity index (χ0) is 18.1. The van der Waals surface area contributed by atoms with Crippen LogP contribution in [0.25, 0.3) is 12.2 Å². The molecule has 0 unspecified atom stereocenters. The fraction of sp³-hybridized carbons (Fsp3) is 0.318. The van der Waals surface area contributed by atoms with E-state index >= 15 is 0 Å². The van der Waals surface area contributed by atoms with Crippen molar-refractivity contribution in [3.63, 3.8) is 0 Å². The minimum atomic E-state index is 0.0444. The molecule has 1 N–H and O–H groups in total. The monoisotopic (exact) mass is 324 g/mol. The van der Waals surface area contributed by atoms with Gasteiger partial charge in [0.25, 0.3) is 0 Å². The smallest absolute Gasteiger partial charge is 0.154 e. The summed E-state index contributed by atoms with van der Waals surface area (Å²) in [6, 6.07) is 1.97. The Kier molecular flexibility index (Phi) is 7.97. The van der Waals surface area contributed by atoms with Crippen LogP contribution in [0.2, 0.25) is 0 Å². The number of hydrogen-bond acceptors (Lipinski definition) is 2. The van der Waals surface area contributed by atoms with Gasteiger partial charge in [0.05, 0.1) is 5.56 Å². The number of hydrogen-bond donors (Lipinski definition) is 1. The number of phenols is 1. The predicted molar refractivity (Wildman–Crippen MR) is 104 cm³/mol. The first-order valence-corrected chi connectivity index (χ1v) is 8.35. The first-order valence-electron chi connectivity index (χ1n) is 8.35. The summed E-state index contributed by atoms with van der Waals surface area (Å²) in [5.74, 6) is 0.419. The normalized spacial score (nSPS) is 11.9. The quantitative estimate of drug-likeness (QED) is 0.381. The van der Waals surface area contributed by atoms with Gasteiger partial charge in [-0.15, -0.1) is 0 Å². The Morgan fingerprint density at radius 2 is 1.88 bits per heavy atom. The summed E-state index contributed by atoms with van der Waals surface area (Å²) in [6.45, 7) is 10.2. The average molecular weight is 324 g/mol. The van der Waals surface area contributed by atoms with Crippen molar-refractivity contribution < 1.29 is 9.90 Å². The third-order valence-corrected chi connectivity index (χ3v) is 3.57. The Balaban J connectivity index is 3.55. The highest BCUT2D eigenvalue weighted by Crippen LogP contribution is 2.31. The van der Waals surface area contributed by atoms with E-state index in [2.05, 4.69) is 33.8 Å². The molecule has 0 radical (unpaired) electrons. The van der Waals surface area contributed by atoms with Gasteiger partial charge in [-0.25, -0.2) is 0 Å². The van der Waals surface area contributed by atoms with Crippen LogP contribution in [-0.4, -0.2) is 11.4 Å². The maximum atomic E-state index is 11.6. The highest BCUT2D eigenvalue weighted by molar-refractivity contribution is 5.89. The molecule has 1 aromatic carbocycles. The number of aromatic hydroxyl groups is 1. The molecular weight excluding hydrogens is 296 g/mol. The van der Waals surface area contributed by atoms with Crippen LogP contribution in [0.3, 0.4) is 0 Å². The summed E-state index contributed by atoms with van der Waals surface area (Å²) in [4.78, 5) is 11.6. The van der Waals surface area contributed by atoms with Crippen LogP contribution in [0.5, 0.6) is 5.75 Å². The van der Waals surface area contributed by atoms with Crippen molar-refractivity contribution in [1.82, 2.24) is 0 Å². The Morgan fingerprint density at radius 1 is 1.17 bits per heavy atom. The van der Waals surface area contributed by atoms with Gasteiger partial charge in [-0.2, -0.15) is 0 Å². The molecule has 24 heavy (non-hydrogen) atoms. The number of aldehydes is 1. The molecule has 0 bridgehead atoms. The molecule has 0 aliphatic rings. The first-order chi connectivity index (χ1) is 11.4. The van der Waals surface area contributed by atoms with Crippen LogP contribution in [0.4, 0.5) is 0 Å². The molecule has 0 aliphatic carbocycles. The van der Waals surface area contributed by atoms with Gasteiger partial charge in [-0.05, 0) is 50.3 Å². The number of rotatable bonds is 7. The van der Waals surface area contributed by atoms with Gasteiger partial charge >= 0.3 is 0 Å². The Labute approximate surface area is 145 Å². The van der Waals surface area contributed by atoms with Crippen LogP contribution >= 0.6 is 0 Å². The number of phenolic OH excluding ortho intramolecular Hbond substituents is 1. The fourth-order valence-electron chi connectivity index (χ4n) is 2.27. The molecule has 0 saturated carbocycles. The van der Waals surface area contributed by atoms with E-state index in [1.165, 1.54) is 5.57 Å². The maximum absolute atomic E-state index is 11.6. The van der Waals surface area contributed by atoms with Crippen molar-refractivity contribution in [3.8, 4) is 5.75 Å². The lowest BCUT2D eigenvalue weighted by Crippen LogP contribution is -1.98. The van der Waals surface area contributed by atoms with Crippen LogP contribution in [0, 0.1) is 5.92 Å². The van der Waals surface area contributed by atoms with E-state index in [0.717, 1.165) is 23.8 Å². The predicted octanol–water partition coefficient (Wildman–Crippen LogP) is 5.97. The molecular formula is C22H28O2. The molecule has 0 aromatic heterocycles. The molecule has 0 atom stereocenters. The highest BCUT2D eigenvalue weighted by atomic mass is 16.3. The second-order valence-electron chi connectivity index (χ2n) is 6.39. The van der Waals surface area contributed by atoms with Gasteiger partial charge in [0, 0.05) is 5.56 Å². The summed E-state index contributed by atoms with van der Waals surface area (Å²) in [7, 11) is 0. The molecule has 1 rings (SSSR count). The van der Waals surface area contributed by atoms with Crippen LogP contribution < -0.4 is 0 Å². The minimum absolute atomic E-state index is 0.0444. The first kappa shape index (κ1) is 19.7. The fourth-order valence-corrected chi connectivity index (χ4v) is 2.27. The van der Waals surface area contributed by atoms with E-state index in [1.807, 2.05) is 49.4 Å². The zero-order valence-corrected chi connectivity index (χ0v) is 15.3. The van der Waals surface area contributed by atoms with Gasteiger partial charge in [0.15, 0.2) is 6.29 Å². The van der Waals surface area contributed by atoms with Crippen LogP contribution in [0.1, 0.15) is 61.7 Å². The average Bonchev–Trinajstić information content (AvgIpc) is 2.53. The summed E-state index contributed by atoms with van der Waals surface area (Å²) in [6.07, 6.45) is 15.1. The third kappa shape index (κ3) is 5.69. The molecule has 2 heteroatoms. The van der Waals surface area contributed by atoms with Crippen molar-refractivity contribution >= 4 is 18.4 Å². The second-order valence-corrected chi connectivity index (χ2v) is 6.39. The molecule has 2 nitrogen and oxygen atoms in total. The molecule has 0 aliphatic heterocycles. The van der Waals surface area contributed by atoms with Crippen LogP contribution in [-0.2, 0) is 6.42 Å². The lowest BCUT2D eigenvalue weighted by Gasteiger charge is -2.13. The number of carbonyl (C=O) groups is 1. The van der Waals surface area contributed by atoms with Crippen molar-refractivity contribution in [1.29, 1.82) is 0 Å². The van der Waals surface area contributed by atoms with E-state index in [-0.39, 0.29) is 5.75 Å². The van der Waals surface area contributed by atoms with Gasteiger partial charge in [-0.1, -0.05) is 62.0 Å². The molecule has 0 amide bonds. The molecule has 0 saturated heterocycles. The summed E-state index contributed by atoms with van der Waals surface area (Å²) in [5, 5.41) is 10.5. The lowest BCUT2D eigenvalue weighted by molar-refractivity contribution is 0.112. The topological polar surface area (TPSA) is 37.3 Å². The van der Waals surface area contributed by atoms with E-state index in [0.29, 0.717) is 17.0 Å². The Bertz CT molecular complexity index is 682. The third-order valence-electron chi connectivity index (χ3n) is 3.57. The molecule has 0 fully saturated rings. The highest BCUT2D eigenvalue weighted by Gasteiger charge is 2.14. The SMILES string of the molecule is C/C=C/C=C/c1c(CC=C(C)C)cc(/C=C/C(C)C)c(O)c1C=O. The molecule has 128 valence electrons. The number of benzene rings is 1. The lowest BCUT2D eigenvalue weighted by atomic mass is 9.93. The Hall–Kier alpha value is -2.35. The Morgan fingerprint density at radius 3 is 2.42 bits per heavy atom. The second kappa shape index (κ2) is 9.71. The number of allylic oxidation sites excluding steroid dienone is 6. The van der Waals surface area contributed by atoms with E-state index < -0.39 is 0 Å². The summed E-state index contributed by atoms with van der Waals surface area (Å²) < 4.78 is 0. The standard InChI is InChI=1S/C22H28O2/c1-6-7-8-9-20-18(12-10-16(2)3)14-19(13-11-17(4)5)22(24)21(20)15-23/h6-11,13-15,17,24H,12H2,1-5H3/b7-6+,9-8+,13-11+. The maximum Gasteiger partial charge on any atom is 0.154 e. The molecule has 0 heterocycles. The van der Waals surface area contributed by atoms with E-state index in [1.54, 1.807) is 0 Å². The van der Waals surface area contributed by atoms with Gasteiger partial charge in [-0.3, -0.25) is 4.79 Å². The van der Waals surface area contributed by atoms with Gasteiger partial charge < -0.3 is 5.11 Å². The van der Waals surface area contributed by atoms with Crippen molar-refractivity contribution in [2.75, 3.05) is 0 Å². The molecule has 1 aromatic rings. The van der Waals surface area contributed by atoms with Gasteiger partial charge in [0.1, 0.15) is 5.75 Å².